The highest BCUT2D eigenvalue weighted by atomic mass is 19.1. The Hall–Kier alpha value is -2.77. The molecule has 1 amide bonds. The maximum absolute atomic E-state index is 15.4. The van der Waals surface area contributed by atoms with Gasteiger partial charge in [0.05, 0.1) is 5.41 Å². The molecule has 1 spiro atoms. The molecular formula is C23H24F3N3O2. The number of rotatable bonds is 4. The van der Waals surface area contributed by atoms with Gasteiger partial charge in [-0.1, -0.05) is 0 Å². The van der Waals surface area contributed by atoms with Gasteiger partial charge in [0.1, 0.15) is 28.8 Å². The number of carbonyl (C=O) groups is 2. The minimum atomic E-state index is -1.60. The Bertz CT molecular complexity index is 1020. The number of aryl methyl sites for hydroxylation is 1. The van der Waals surface area contributed by atoms with E-state index < -0.39 is 28.6 Å². The Morgan fingerprint density at radius 3 is 2.58 bits per heavy atom. The topological polar surface area (TPSA) is 63.2 Å². The van der Waals surface area contributed by atoms with Crippen molar-refractivity contribution < 1.29 is 22.8 Å². The van der Waals surface area contributed by atoms with Gasteiger partial charge in [-0.05, 0) is 57.7 Å². The van der Waals surface area contributed by atoms with E-state index in [-0.39, 0.29) is 42.3 Å². The molecule has 1 saturated carbocycles. The number of amides is 1. The summed E-state index contributed by atoms with van der Waals surface area (Å²) in [6.07, 6.45) is 2.58. The number of alkyl halides is 1. The molecule has 1 aliphatic heterocycles. The third-order valence-electron chi connectivity index (χ3n) is 6.75. The van der Waals surface area contributed by atoms with Gasteiger partial charge in [0.25, 0.3) is 0 Å². The molecule has 2 heterocycles. The van der Waals surface area contributed by atoms with Gasteiger partial charge in [-0.2, -0.15) is 0 Å². The van der Waals surface area contributed by atoms with Crippen molar-refractivity contribution in [1.82, 2.24) is 9.97 Å². The fourth-order valence-electron chi connectivity index (χ4n) is 4.88. The van der Waals surface area contributed by atoms with E-state index in [1.807, 2.05) is 0 Å². The third kappa shape index (κ3) is 4.07. The largest absolute Gasteiger partial charge is 0.312 e. The molecule has 1 aromatic carbocycles. The van der Waals surface area contributed by atoms with Crippen molar-refractivity contribution in [3.63, 3.8) is 0 Å². The van der Waals surface area contributed by atoms with Crippen LogP contribution >= 0.6 is 0 Å². The molecule has 2 fully saturated rings. The number of Topliss-reactive ketones (excluding diaryl/α,β-unsaturated/α-hetero) is 1. The Kier molecular flexibility index (Phi) is 5.35. The summed E-state index contributed by atoms with van der Waals surface area (Å²) in [5.74, 6) is -2.26. The highest BCUT2D eigenvalue weighted by Crippen LogP contribution is 2.53. The number of aromatic nitrogens is 2. The summed E-state index contributed by atoms with van der Waals surface area (Å²) in [5, 5.41) is 0. The first-order valence-corrected chi connectivity index (χ1v) is 10.4. The summed E-state index contributed by atoms with van der Waals surface area (Å²) < 4.78 is 42.7. The van der Waals surface area contributed by atoms with Crippen molar-refractivity contribution in [1.29, 1.82) is 0 Å². The zero-order valence-electron chi connectivity index (χ0n) is 17.5. The monoisotopic (exact) mass is 431 g/mol. The summed E-state index contributed by atoms with van der Waals surface area (Å²) in [5.41, 5.74) is -2.03. The van der Waals surface area contributed by atoms with E-state index in [0.29, 0.717) is 25.2 Å². The second-order valence-corrected chi connectivity index (χ2v) is 8.91. The number of hydrogen-bond acceptors (Lipinski definition) is 4. The molecule has 164 valence electrons. The molecule has 8 heteroatoms. The van der Waals surface area contributed by atoms with Crippen LogP contribution in [0.25, 0.3) is 0 Å². The Labute approximate surface area is 178 Å². The lowest BCUT2D eigenvalue weighted by atomic mass is 9.62. The highest BCUT2D eigenvalue weighted by Gasteiger charge is 2.55. The van der Waals surface area contributed by atoms with Crippen molar-refractivity contribution in [2.75, 3.05) is 11.4 Å². The maximum atomic E-state index is 15.4. The molecule has 31 heavy (non-hydrogen) atoms. The van der Waals surface area contributed by atoms with Crippen LogP contribution in [-0.4, -0.2) is 33.9 Å². The van der Waals surface area contributed by atoms with Crippen LogP contribution in [0.1, 0.15) is 55.3 Å². The van der Waals surface area contributed by atoms with E-state index in [9.17, 15) is 18.4 Å². The predicted octanol–water partition coefficient (Wildman–Crippen LogP) is 4.59. The molecule has 1 aromatic heterocycles. The van der Waals surface area contributed by atoms with Gasteiger partial charge in [0, 0.05) is 36.8 Å². The SMILES string of the molecule is Cc1nccc(C(=O)CC2CC3(CCN(c4cc(F)cc(F)c4)C3=O)CCC2(C)F)n1. The minimum absolute atomic E-state index is 0.0624. The third-order valence-corrected chi connectivity index (χ3v) is 6.75. The summed E-state index contributed by atoms with van der Waals surface area (Å²) in [7, 11) is 0. The number of hydrogen-bond donors (Lipinski definition) is 0. The Morgan fingerprint density at radius 2 is 1.90 bits per heavy atom. The summed E-state index contributed by atoms with van der Waals surface area (Å²) in [6.45, 7) is 3.45. The zero-order chi connectivity index (χ0) is 22.4. The van der Waals surface area contributed by atoms with Crippen molar-refractivity contribution >= 4 is 17.4 Å². The van der Waals surface area contributed by atoms with E-state index >= 15 is 4.39 Å². The van der Waals surface area contributed by atoms with Gasteiger partial charge < -0.3 is 4.90 Å². The second kappa shape index (κ2) is 7.73. The Balaban J connectivity index is 1.56. The maximum Gasteiger partial charge on any atom is 0.233 e. The van der Waals surface area contributed by atoms with Crippen molar-refractivity contribution in [2.24, 2.45) is 11.3 Å². The van der Waals surface area contributed by atoms with Crippen LogP contribution in [0.15, 0.2) is 30.5 Å². The van der Waals surface area contributed by atoms with E-state index in [1.165, 1.54) is 24.1 Å². The highest BCUT2D eigenvalue weighted by molar-refractivity contribution is 6.00. The molecule has 0 N–H and O–H groups in total. The van der Waals surface area contributed by atoms with Gasteiger partial charge in [-0.3, -0.25) is 9.59 Å². The van der Waals surface area contributed by atoms with Crippen molar-refractivity contribution in [3.8, 4) is 0 Å². The quantitative estimate of drug-likeness (QED) is 0.665. The first kappa shape index (κ1) is 21.5. The van der Waals surface area contributed by atoms with Crippen LogP contribution in [0, 0.1) is 29.9 Å². The normalized spacial score (nSPS) is 28.4. The van der Waals surface area contributed by atoms with E-state index in [0.717, 1.165) is 18.2 Å². The number of nitrogens with zero attached hydrogens (tertiary/aromatic N) is 3. The number of benzene rings is 1. The average Bonchev–Trinajstić information content (AvgIpc) is 3.00. The van der Waals surface area contributed by atoms with Crippen LogP contribution in [-0.2, 0) is 4.79 Å². The van der Waals surface area contributed by atoms with Gasteiger partial charge in [0.2, 0.25) is 5.91 Å². The molecule has 3 unspecified atom stereocenters. The van der Waals surface area contributed by atoms with Gasteiger partial charge in [0.15, 0.2) is 5.78 Å². The summed E-state index contributed by atoms with van der Waals surface area (Å²) >= 11 is 0. The summed E-state index contributed by atoms with van der Waals surface area (Å²) in [6, 6.07) is 4.51. The van der Waals surface area contributed by atoms with Crippen LogP contribution in [0.5, 0.6) is 0 Å². The molecule has 4 rings (SSSR count). The standard InChI is InChI=1S/C23H24F3N3O2/c1-14-27-7-3-19(28-14)20(30)9-15-13-23(5-4-22(15,2)26)6-8-29(21(23)31)18-11-16(24)10-17(25)12-18/h3,7,10-12,15H,4-6,8-9,13H2,1-2H3. The number of anilines is 1. The zero-order valence-corrected chi connectivity index (χ0v) is 17.5. The number of carbonyl (C=O) groups excluding carboxylic acids is 2. The molecule has 5 nitrogen and oxygen atoms in total. The van der Waals surface area contributed by atoms with Crippen molar-refractivity contribution in [2.45, 2.75) is 51.6 Å². The number of halogens is 3. The lowest BCUT2D eigenvalue weighted by molar-refractivity contribution is -0.131. The first-order chi connectivity index (χ1) is 14.6. The van der Waals surface area contributed by atoms with Gasteiger partial charge >= 0.3 is 0 Å². The molecule has 1 saturated heterocycles. The molecule has 0 bridgehead atoms. The fraction of sp³-hybridized carbons (Fsp3) is 0.478. The lowest BCUT2D eigenvalue weighted by Crippen LogP contribution is -2.46. The Morgan fingerprint density at radius 1 is 1.19 bits per heavy atom. The van der Waals surface area contributed by atoms with Crippen LogP contribution in [0.2, 0.25) is 0 Å². The van der Waals surface area contributed by atoms with E-state index in [1.54, 1.807) is 6.92 Å². The number of ketones is 1. The first-order valence-electron chi connectivity index (χ1n) is 10.4. The predicted molar refractivity (Wildman–Crippen MR) is 108 cm³/mol. The van der Waals surface area contributed by atoms with Gasteiger partial charge in [-0.15, -0.1) is 0 Å². The molecule has 1 aliphatic carbocycles. The molecule has 3 atom stereocenters. The molecule has 0 radical (unpaired) electrons. The smallest absolute Gasteiger partial charge is 0.233 e. The van der Waals surface area contributed by atoms with Gasteiger partial charge in [-0.25, -0.2) is 23.1 Å². The fourth-order valence-corrected chi connectivity index (χ4v) is 4.88. The van der Waals surface area contributed by atoms with Crippen LogP contribution in [0.4, 0.5) is 18.9 Å². The van der Waals surface area contributed by atoms with E-state index in [2.05, 4.69) is 9.97 Å². The van der Waals surface area contributed by atoms with Crippen LogP contribution in [0.3, 0.4) is 0 Å². The lowest BCUT2D eigenvalue weighted by Gasteiger charge is -2.43. The minimum Gasteiger partial charge on any atom is -0.312 e. The van der Waals surface area contributed by atoms with Crippen LogP contribution < -0.4 is 4.90 Å². The second-order valence-electron chi connectivity index (χ2n) is 8.91. The molecule has 2 aromatic rings. The molecule has 2 aliphatic rings. The average molecular weight is 431 g/mol. The molecular weight excluding hydrogens is 407 g/mol. The summed E-state index contributed by atoms with van der Waals surface area (Å²) in [4.78, 5) is 35.6. The van der Waals surface area contributed by atoms with Crippen molar-refractivity contribution in [3.05, 3.63) is 53.6 Å². The van der Waals surface area contributed by atoms with E-state index in [4.69, 9.17) is 0 Å².